The molecule has 3 rings (SSSR count). The molecule has 0 spiro atoms. The third-order valence-corrected chi connectivity index (χ3v) is 3.06. The van der Waals surface area contributed by atoms with Crippen molar-refractivity contribution >= 4 is 28.7 Å². The molecule has 3 aromatic rings. The Morgan fingerprint density at radius 3 is 3.00 bits per heavy atom. The van der Waals surface area contributed by atoms with Crippen LogP contribution in [0.1, 0.15) is 13.8 Å². The highest BCUT2D eigenvalue weighted by atomic mass is 15.6. The number of rotatable bonds is 4. The van der Waals surface area contributed by atoms with Crippen LogP contribution in [0.4, 0.5) is 5.82 Å². The Morgan fingerprint density at radius 2 is 2.20 bits per heavy atom. The van der Waals surface area contributed by atoms with Gasteiger partial charge in [-0.05, 0) is 36.4 Å². The van der Waals surface area contributed by atoms with E-state index in [0.717, 1.165) is 18.5 Å². The average molecular weight is 270 g/mol. The predicted molar refractivity (Wildman–Crippen MR) is 75.0 cm³/mol. The third-order valence-electron chi connectivity index (χ3n) is 3.06. The van der Waals surface area contributed by atoms with Gasteiger partial charge in [0.15, 0.2) is 5.82 Å². The Kier molecular flexibility index (Phi) is 3.20. The lowest BCUT2D eigenvalue weighted by atomic mass is 10.3. The van der Waals surface area contributed by atoms with Crippen LogP contribution >= 0.6 is 0 Å². The first-order valence-electron chi connectivity index (χ1n) is 6.44. The van der Waals surface area contributed by atoms with E-state index in [2.05, 4.69) is 49.3 Å². The van der Waals surface area contributed by atoms with Crippen LogP contribution < -0.4 is 0 Å². The molecule has 102 valence electrons. The van der Waals surface area contributed by atoms with Crippen molar-refractivity contribution in [2.45, 2.75) is 13.8 Å². The van der Waals surface area contributed by atoms with Gasteiger partial charge in [0.2, 0.25) is 5.65 Å². The molecule has 3 heterocycles. The monoisotopic (exact) mass is 270 g/mol. The van der Waals surface area contributed by atoms with Crippen molar-refractivity contribution in [2.75, 3.05) is 13.1 Å². The molecule has 0 N–H and O–H groups in total. The maximum Gasteiger partial charge on any atom is 0.226 e. The number of hydrogen-bond donors (Lipinski definition) is 0. The van der Waals surface area contributed by atoms with E-state index in [-0.39, 0.29) is 0 Å². The highest BCUT2D eigenvalue weighted by molar-refractivity contribution is 5.96. The van der Waals surface area contributed by atoms with Crippen molar-refractivity contribution in [3.05, 3.63) is 18.3 Å². The van der Waals surface area contributed by atoms with E-state index in [1.807, 2.05) is 12.1 Å². The first kappa shape index (κ1) is 12.4. The van der Waals surface area contributed by atoms with Crippen LogP contribution in [0.15, 0.2) is 23.3 Å². The molecular weight excluding hydrogens is 256 g/mol. The fraction of sp³-hybridized carbons (Fsp3) is 0.333. The van der Waals surface area contributed by atoms with Crippen molar-refractivity contribution < 1.29 is 0 Å². The summed E-state index contributed by atoms with van der Waals surface area (Å²) in [4.78, 5) is 10.8. The van der Waals surface area contributed by atoms with Gasteiger partial charge in [-0.15, -0.1) is 14.8 Å². The minimum absolute atomic E-state index is 0.530. The zero-order valence-corrected chi connectivity index (χ0v) is 11.3. The number of fused-ring (bicyclic) bond motifs is 3. The van der Waals surface area contributed by atoms with Crippen LogP contribution in [-0.2, 0) is 0 Å². The molecule has 0 aliphatic carbocycles. The highest BCUT2D eigenvalue weighted by Gasteiger charge is 2.10. The standard InChI is InChI=1S/C12H14N8/c1-3-19(4-2)8-14-11-9-6-5-7-13-10(9)12-15-17-18-20(12)16-11/h5-8H,3-4H2,1-2H3. The summed E-state index contributed by atoms with van der Waals surface area (Å²) in [6.45, 7) is 5.94. The molecule has 0 atom stereocenters. The van der Waals surface area contributed by atoms with Gasteiger partial charge in [0.1, 0.15) is 5.52 Å². The molecule has 0 fully saturated rings. The summed E-state index contributed by atoms with van der Waals surface area (Å²) < 4.78 is 1.35. The molecule has 0 aromatic carbocycles. The van der Waals surface area contributed by atoms with Crippen molar-refractivity contribution in [3.8, 4) is 0 Å². The van der Waals surface area contributed by atoms with Gasteiger partial charge >= 0.3 is 0 Å². The van der Waals surface area contributed by atoms with Gasteiger partial charge in [0, 0.05) is 19.3 Å². The summed E-state index contributed by atoms with van der Waals surface area (Å²) in [5.74, 6) is 0.555. The van der Waals surface area contributed by atoms with Gasteiger partial charge in [-0.1, -0.05) is 0 Å². The number of pyridine rings is 1. The third kappa shape index (κ3) is 2.04. The number of nitrogens with zero attached hydrogens (tertiary/aromatic N) is 8. The number of aromatic nitrogens is 6. The summed E-state index contributed by atoms with van der Waals surface area (Å²) in [5, 5.41) is 16.5. The first-order chi connectivity index (χ1) is 9.83. The Bertz CT molecular complexity index is 758. The summed E-state index contributed by atoms with van der Waals surface area (Å²) in [6, 6.07) is 3.76. The van der Waals surface area contributed by atoms with Crippen LogP contribution in [0, 0.1) is 0 Å². The molecule has 8 heteroatoms. The zero-order valence-electron chi connectivity index (χ0n) is 11.3. The van der Waals surface area contributed by atoms with Crippen LogP contribution in [0.2, 0.25) is 0 Å². The number of hydrogen-bond acceptors (Lipinski definition) is 6. The molecule has 8 nitrogen and oxygen atoms in total. The van der Waals surface area contributed by atoms with Gasteiger partial charge in [0.25, 0.3) is 0 Å². The minimum Gasteiger partial charge on any atom is -0.363 e. The molecule has 0 aliphatic rings. The average Bonchev–Trinajstić information content (AvgIpc) is 2.96. The summed E-state index contributed by atoms with van der Waals surface area (Å²) in [7, 11) is 0. The molecule has 0 unspecified atom stereocenters. The highest BCUT2D eigenvalue weighted by Crippen LogP contribution is 2.23. The second-order valence-corrected chi connectivity index (χ2v) is 4.18. The van der Waals surface area contributed by atoms with Crippen LogP contribution in [0.25, 0.3) is 16.6 Å². The minimum atomic E-state index is 0.530. The largest absolute Gasteiger partial charge is 0.363 e. The maximum absolute atomic E-state index is 4.44. The van der Waals surface area contributed by atoms with Crippen molar-refractivity contribution in [1.29, 1.82) is 0 Å². The van der Waals surface area contributed by atoms with Crippen molar-refractivity contribution in [2.24, 2.45) is 4.99 Å². The summed E-state index contributed by atoms with van der Waals surface area (Å²) in [6.07, 6.45) is 3.49. The van der Waals surface area contributed by atoms with Crippen LogP contribution in [-0.4, -0.2) is 54.6 Å². The van der Waals surface area contributed by atoms with E-state index in [1.165, 1.54) is 4.63 Å². The molecular formula is C12H14N8. The van der Waals surface area contributed by atoms with Crippen molar-refractivity contribution in [3.63, 3.8) is 0 Å². The molecule has 0 radical (unpaired) electrons. The second-order valence-electron chi connectivity index (χ2n) is 4.18. The Morgan fingerprint density at radius 1 is 1.35 bits per heavy atom. The van der Waals surface area contributed by atoms with Crippen LogP contribution in [0.5, 0.6) is 0 Å². The predicted octanol–water partition coefficient (Wildman–Crippen LogP) is 1.07. The molecule has 0 amide bonds. The molecule has 0 saturated heterocycles. The second kappa shape index (κ2) is 5.16. The van der Waals surface area contributed by atoms with E-state index in [1.54, 1.807) is 12.5 Å². The molecule has 0 bridgehead atoms. The van der Waals surface area contributed by atoms with E-state index >= 15 is 0 Å². The molecule has 0 saturated carbocycles. The molecule has 20 heavy (non-hydrogen) atoms. The lowest BCUT2D eigenvalue weighted by Gasteiger charge is -2.13. The van der Waals surface area contributed by atoms with E-state index in [0.29, 0.717) is 17.0 Å². The lowest BCUT2D eigenvalue weighted by molar-refractivity contribution is 0.479. The smallest absolute Gasteiger partial charge is 0.226 e. The SMILES string of the molecule is CCN(C=Nc1nn2nnnc2c2ncccc12)CC. The van der Waals surface area contributed by atoms with E-state index in [9.17, 15) is 0 Å². The van der Waals surface area contributed by atoms with Gasteiger partial charge in [-0.25, -0.2) is 4.99 Å². The quantitative estimate of drug-likeness (QED) is 0.521. The Hall–Kier alpha value is -2.64. The van der Waals surface area contributed by atoms with Gasteiger partial charge in [-0.2, -0.15) is 0 Å². The first-order valence-corrected chi connectivity index (χ1v) is 6.44. The number of aliphatic imine (C=N–C) groups is 1. The maximum atomic E-state index is 4.44. The fourth-order valence-electron chi connectivity index (χ4n) is 1.92. The van der Waals surface area contributed by atoms with Gasteiger partial charge in [0.05, 0.1) is 11.7 Å². The van der Waals surface area contributed by atoms with Gasteiger partial charge in [-0.3, -0.25) is 4.98 Å². The van der Waals surface area contributed by atoms with Crippen molar-refractivity contribution in [1.82, 2.24) is 35.1 Å². The summed E-state index contributed by atoms with van der Waals surface area (Å²) >= 11 is 0. The Labute approximate surface area is 115 Å². The topological polar surface area (TPSA) is 84.5 Å². The number of tetrazole rings is 1. The fourth-order valence-corrected chi connectivity index (χ4v) is 1.92. The van der Waals surface area contributed by atoms with E-state index in [4.69, 9.17) is 0 Å². The molecule has 0 aliphatic heterocycles. The molecule has 3 aromatic heterocycles. The zero-order chi connectivity index (χ0) is 13.9. The normalized spacial score (nSPS) is 11.7. The summed E-state index contributed by atoms with van der Waals surface area (Å²) in [5.41, 5.74) is 1.22. The van der Waals surface area contributed by atoms with Crippen LogP contribution in [0.3, 0.4) is 0 Å². The Balaban J connectivity index is 2.17. The lowest BCUT2D eigenvalue weighted by Crippen LogP contribution is -2.20. The van der Waals surface area contributed by atoms with E-state index < -0.39 is 0 Å². The van der Waals surface area contributed by atoms with Gasteiger partial charge < -0.3 is 4.90 Å².